The first kappa shape index (κ1) is 16.7. The zero-order valence-corrected chi connectivity index (χ0v) is 15.2. The summed E-state index contributed by atoms with van der Waals surface area (Å²) < 4.78 is 7.69. The molecule has 2 aromatic rings. The Morgan fingerprint density at radius 2 is 2.14 bits per heavy atom. The van der Waals surface area contributed by atoms with Crippen LogP contribution in [0.15, 0.2) is 22.8 Å². The SMILES string of the molecule is COCCn1ncc(Br)c1C(O)c1ccc(C(C)(C)C)s1. The van der Waals surface area contributed by atoms with Crippen molar-refractivity contribution in [2.24, 2.45) is 0 Å². The molecule has 6 heteroatoms. The predicted octanol–water partition coefficient (Wildman–Crippen LogP) is 3.73. The van der Waals surface area contributed by atoms with Gasteiger partial charge in [-0.25, -0.2) is 0 Å². The van der Waals surface area contributed by atoms with E-state index in [9.17, 15) is 5.11 Å². The van der Waals surface area contributed by atoms with E-state index in [1.54, 1.807) is 29.3 Å². The number of aliphatic hydroxyl groups excluding tert-OH is 1. The van der Waals surface area contributed by atoms with E-state index < -0.39 is 6.10 Å². The molecule has 2 heterocycles. The molecular weight excluding hydrogens is 352 g/mol. The predicted molar refractivity (Wildman–Crippen MR) is 88.9 cm³/mol. The van der Waals surface area contributed by atoms with Crippen LogP contribution in [0.25, 0.3) is 0 Å². The Balaban J connectivity index is 2.29. The van der Waals surface area contributed by atoms with Crippen LogP contribution in [0.2, 0.25) is 0 Å². The summed E-state index contributed by atoms with van der Waals surface area (Å²) in [5.41, 5.74) is 0.866. The number of aliphatic hydroxyl groups is 1. The molecule has 0 aliphatic carbocycles. The minimum absolute atomic E-state index is 0.0934. The van der Waals surface area contributed by atoms with Gasteiger partial charge in [0.2, 0.25) is 0 Å². The van der Waals surface area contributed by atoms with Crippen molar-refractivity contribution >= 4 is 27.3 Å². The number of hydrogen-bond donors (Lipinski definition) is 1. The Morgan fingerprint density at radius 3 is 2.71 bits per heavy atom. The Labute approximate surface area is 137 Å². The normalized spacial score (nSPS) is 13.6. The smallest absolute Gasteiger partial charge is 0.131 e. The number of halogens is 1. The third-order valence-electron chi connectivity index (χ3n) is 3.23. The minimum atomic E-state index is -0.681. The highest BCUT2D eigenvalue weighted by Gasteiger charge is 2.23. The van der Waals surface area contributed by atoms with Gasteiger partial charge in [-0.05, 0) is 33.5 Å². The Kier molecular flexibility index (Phi) is 5.24. The average Bonchev–Trinajstić information content (AvgIpc) is 3.02. The lowest BCUT2D eigenvalue weighted by Gasteiger charge is -2.16. The molecule has 0 radical (unpaired) electrons. The summed E-state index contributed by atoms with van der Waals surface area (Å²) in [5, 5.41) is 15.0. The molecule has 0 aliphatic rings. The topological polar surface area (TPSA) is 47.3 Å². The van der Waals surface area contributed by atoms with Crippen LogP contribution in [0.3, 0.4) is 0 Å². The van der Waals surface area contributed by atoms with E-state index in [2.05, 4.69) is 47.9 Å². The second-order valence-corrected chi connectivity index (χ2v) is 7.92. The molecule has 0 aliphatic heterocycles. The Bertz CT molecular complexity index is 601. The average molecular weight is 373 g/mol. The highest BCUT2D eigenvalue weighted by molar-refractivity contribution is 9.10. The van der Waals surface area contributed by atoms with Crippen molar-refractivity contribution in [1.82, 2.24) is 9.78 Å². The number of nitrogens with zero attached hydrogens (tertiary/aromatic N) is 2. The summed E-state index contributed by atoms with van der Waals surface area (Å²) in [7, 11) is 1.66. The summed E-state index contributed by atoms with van der Waals surface area (Å²) in [4.78, 5) is 2.19. The molecular formula is C15H21BrN2O2S. The molecule has 4 nitrogen and oxygen atoms in total. The lowest BCUT2D eigenvalue weighted by atomic mass is 9.95. The Morgan fingerprint density at radius 1 is 1.43 bits per heavy atom. The van der Waals surface area contributed by atoms with Crippen molar-refractivity contribution < 1.29 is 9.84 Å². The maximum absolute atomic E-state index is 10.7. The second-order valence-electron chi connectivity index (χ2n) is 5.95. The van der Waals surface area contributed by atoms with Crippen LogP contribution in [-0.2, 0) is 16.7 Å². The van der Waals surface area contributed by atoms with E-state index in [0.717, 1.165) is 15.0 Å². The van der Waals surface area contributed by atoms with Gasteiger partial charge in [-0.2, -0.15) is 5.10 Å². The van der Waals surface area contributed by atoms with Crippen molar-refractivity contribution in [1.29, 1.82) is 0 Å². The van der Waals surface area contributed by atoms with Gasteiger partial charge in [-0.1, -0.05) is 20.8 Å². The number of hydrogen-bond acceptors (Lipinski definition) is 4. The van der Waals surface area contributed by atoms with Gasteiger partial charge in [0.15, 0.2) is 0 Å². The van der Waals surface area contributed by atoms with Crippen molar-refractivity contribution in [3.05, 3.63) is 38.3 Å². The molecule has 21 heavy (non-hydrogen) atoms. The van der Waals surface area contributed by atoms with E-state index >= 15 is 0 Å². The molecule has 1 N–H and O–H groups in total. The fraction of sp³-hybridized carbons (Fsp3) is 0.533. The van der Waals surface area contributed by atoms with Crippen molar-refractivity contribution in [3.8, 4) is 0 Å². The second kappa shape index (κ2) is 6.60. The van der Waals surface area contributed by atoms with E-state index in [1.165, 1.54) is 4.88 Å². The molecule has 0 fully saturated rings. The molecule has 0 spiro atoms. The van der Waals surface area contributed by atoms with Gasteiger partial charge < -0.3 is 9.84 Å². The molecule has 0 aromatic carbocycles. The van der Waals surface area contributed by atoms with Crippen LogP contribution in [0, 0.1) is 0 Å². The van der Waals surface area contributed by atoms with E-state index in [1.807, 2.05) is 6.07 Å². The molecule has 0 saturated heterocycles. The number of methoxy groups -OCH3 is 1. The highest BCUT2D eigenvalue weighted by atomic mass is 79.9. The highest BCUT2D eigenvalue weighted by Crippen LogP contribution is 2.36. The van der Waals surface area contributed by atoms with Crippen molar-refractivity contribution in [2.75, 3.05) is 13.7 Å². The maximum Gasteiger partial charge on any atom is 0.131 e. The summed E-state index contributed by atoms with van der Waals surface area (Å²) in [6, 6.07) is 4.09. The third-order valence-corrected chi connectivity index (χ3v) is 5.41. The number of ether oxygens (including phenoxy) is 1. The van der Waals surface area contributed by atoms with Gasteiger partial charge in [0.05, 0.1) is 29.5 Å². The first-order chi connectivity index (χ1) is 9.84. The monoisotopic (exact) mass is 372 g/mol. The molecule has 0 amide bonds. The maximum atomic E-state index is 10.7. The van der Waals surface area contributed by atoms with Crippen LogP contribution < -0.4 is 0 Å². The van der Waals surface area contributed by atoms with E-state index in [0.29, 0.717) is 13.2 Å². The zero-order valence-electron chi connectivity index (χ0n) is 12.8. The molecule has 2 aromatic heterocycles. The number of thiophene rings is 1. The molecule has 0 bridgehead atoms. The molecule has 1 unspecified atom stereocenters. The molecule has 116 valence electrons. The van der Waals surface area contributed by atoms with Crippen molar-refractivity contribution in [2.45, 2.75) is 38.8 Å². The first-order valence-corrected chi connectivity index (χ1v) is 8.44. The van der Waals surface area contributed by atoms with Crippen LogP contribution in [-0.4, -0.2) is 28.6 Å². The number of rotatable bonds is 5. The van der Waals surface area contributed by atoms with Crippen LogP contribution in [0.5, 0.6) is 0 Å². The fourth-order valence-electron chi connectivity index (χ4n) is 2.04. The summed E-state index contributed by atoms with van der Waals surface area (Å²) >= 11 is 5.12. The van der Waals surface area contributed by atoms with E-state index in [4.69, 9.17) is 4.74 Å². The lowest BCUT2D eigenvalue weighted by molar-refractivity contribution is 0.172. The van der Waals surface area contributed by atoms with E-state index in [-0.39, 0.29) is 5.41 Å². The van der Waals surface area contributed by atoms with Gasteiger partial charge in [0, 0.05) is 16.9 Å². The summed E-state index contributed by atoms with van der Waals surface area (Å²) in [6.45, 7) is 7.70. The van der Waals surface area contributed by atoms with Gasteiger partial charge >= 0.3 is 0 Å². The molecule has 0 saturated carbocycles. The minimum Gasteiger partial charge on any atom is -0.383 e. The first-order valence-electron chi connectivity index (χ1n) is 6.83. The number of aromatic nitrogens is 2. The van der Waals surface area contributed by atoms with Crippen molar-refractivity contribution in [3.63, 3.8) is 0 Å². The molecule has 2 rings (SSSR count). The van der Waals surface area contributed by atoms with Crippen LogP contribution >= 0.6 is 27.3 Å². The molecule has 1 atom stereocenters. The van der Waals surface area contributed by atoms with Crippen LogP contribution in [0.1, 0.15) is 42.3 Å². The largest absolute Gasteiger partial charge is 0.383 e. The fourth-order valence-corrected chi connectivity index (χ4v) is 3.61. The quantitative estimate of drug-likeness (QED) is 0.869. The Hall–Kier alpha value is -0.690. The summed E-state index contributed by atoms with van der Waals surface area (Å²) in [6.07, 6.45) is 1.03. The third kappa shape index (κ3) is 3.74. The zero-order chi connectivity index (χ0) is 15.6. The summed E-state index contributed by atoms with van der Waals surface area (Å²) in [5.74, 6) is 0. The standard InChI is InChI=1S/C15H21BrN2O2S/c1-15(2,3)12-6-5-11(21-12)14(19)13-10(16)9-17-18(13)7-8-20-4/h5-6,9,14,19H,7-8H2,1-4H3. The van der Waals surface area contributed by atoms with Gasteiger partial charge in [-0.3, -0.25) is 4.68 Å². The van der Waals surface area contributed by atoms with Gasteiger partial charge in [0.1, 0.15) is 6.10 Å². The van der Waals surface area contributed by atoms with Gasteiger partial charge in [0.25, 0.3) is 0 Å². The van der Waals surface area contributed by atoms with Gasteiger partial charge in [-0.15, -0.1) is 11.3 Å². The van der Waals surface area contributed by atoms with Crippen LogP contribution in [0.4, 0.5) is 0 Å². The lowest BCUT2D eigenvalue weighted by Crippen LogP contribution is -2.13.